The highest BCUT2D eigenvalue weighted by Crippen LogP contribution is 2.38. The van der Waals surface area contributed by atoms with Gasteiger partial charge in [0.2, 0.25) is 0 Å². The summed E-state index contributed by atoms with van der Waals surface area (Å²) in [7, 11) is 3.23. The minimum absolute atomic E-state index is 0.0520. The molecule has 0 radical (unpaired) electrons. The van der Waals surface area contributed by atoms with Gasteiger partial charge in [0.15, 0.2) is 0 Å². The molecule has 0 aliphatic carbocycles. The van der Waals surface area contributed by atoms with Crippen molar-refractivity contribution < 1.29 is 24.2 Å². The van der Waals surface area contributed by atoms with Crippen LogP contribution in [0.1, 0.15) is 52.4 Å². The number of aliphatic carboxylic acids is 1. The smallest absolute Gasteiger partial charge is 0.341 e. The van der Waals surface area contributed by atoms with E-state index in [1.165, 1.54) is 4.90 Å². The zero-order chi connectivity index (χ0) is 21.0. The van der Waals surface area contributed by atoms with Crippen LogP contribution in [0.2, 0.25) is 0 Å². The van der Waals surface area contributed by atoms with Crippen molar-refractivity contribution in [1.29, 1.82) is 0 Å². The molecular weight excluding hydrogens is 360 g/mol. The fraction of sp³-hybridized carbons (Fsp3) is 0.381. The van der Waals surface area contributed by atoms with E-state index in [-0.39, 0.29) is 19.1 Å². The molecular formula is C21H26N2O5. The van der Waals surface area contributed by atoms with Gasteiger partial charge in [-0.25, -0.2) is 9.59 Å². The van der Waals surface area contributed by atoms with Gasteiger partial charge >= 0.3 is 18.0 Å². The molecule has 0 saturated heterocycles. The number of allylic oxidation sites excluding steroid dienone is 2. The van der Waals surface area contributed by atoms with E-state index >= 15 is 0 Å². The number of cyclic esters (lactones) is 1. The Labute approximate surface area is 164 Å². The number of anilines is 1. The van der Waals surface area contributed by atoms with Gasteiger partial charge in [-0.3, -0.25) is 4.79 Å². The van der Waals surface area contributed by atoms with E-state index in [1.54, 1.807) is 20.2 Å². The van der Waals surface area contributed by atoms with Gasteiger partial charge < -0.3 is 20.1 Å². The zero-order valence-corrected chi connectivity index (χ0v) is 16.7. The Kier molecular flexibility index (Phi) is 6.62. The molecule has 0 aromatic heterocycles. The number of ether oxygens (including phenoxy) is 1. The van der Waals surface area contributed by atoms with Gasteiger partial charge in [-0.15, -0.1) is 0 Å². The Balaban J connectivity index is 2.56. The van der Waals surface area contributed by atoms with Crippen molar-refractivity contribution in [1.82, 2.24) is 4.90 Å². The molecule has 1 aromatic rings. The zero-order valence-electron chi connectivity index (χ0n) is 16.7. The third kappa shape index (κ3) is 4.42. The molecule has 0 saturated carbocycles. The summed E-state index contributed by atoms with van der Waals surface area (Å²) in [6.45, 7) is 7.82. The van der Waals surface area contributed by atoms with Crippen molar-refractivity contribution in [3.63, 3.8) is 0 Å². The van der Waals surface area contributed by atoms with Crippen molar-refractivity contribution in [2.24, 2.45) is 0 Å². The lowest BCUT2D eigenvalue weighted by molar-refractivity contribution is -0.136. The first kappa shape index (κ1) is 21.2. The maximum absolute atomic E-state index is 12.4. The number of rotatable bonds is 7. The van der Waals surface area contributed by atoms with E-state index in [9.17, 15) is 14.4 Å². The maximum Gasteiger partial charge on any atom is 0.341 e. The third-order valence-corrected chi connectivity index (χ3v) is 4.82. The minimum atomic E-state index is -0.852. The van der Waals surface area contributed by atoms with Crippen molar-refractivity contribution in [3.05, 3.63) is 46.0 Å². The number of urea groups is 1. The topological polar surface area (TPSA) is 95.9 Å². The molecule has 28 heavy (non-hydrogen) atoms. The first-order valence-corrected chi connectivity index (χ1v) is 9.00. The molecule has 2 N–H and O–H groups in total. The molecule has 1 aromatic carbocycles. The molecule has 7 heteroatoms. The van der Waals surface area contributed by atoms with Crippen molar-refractivity contribution in [2.75, 3.05) is 19.4 Å². The number of benzene rings is 1. The summed E-state index contributed by atoms with van der Waals surface area (Å²) >= 11 is 0. The molecule has 0 unspecified atom stereocenters. The average Bonchev–Trinajstić information content (AvgIpc) is 3.02. The second kappa shape index (κ2) is 8.73. The summed E-state index contributed by atoms with van der Waals surface area (Å²) in [5.74, 6) is -1.31. The molecule has 0 atom stereocenters. The molecule has 1 heterocycles. The van der Waals surface area contributed by atoms with Gasteiger partial charge in [-0.05, 0) is 43.4 Å². The quantitative estimate of drug-likeness (QED) is 0.549. The van der Waals surface area contributed by atoms with E-state index in [0.717, 1.165) is 27.8 Å². The normalized spacial score (nSPS) is 13.0. The van der Waals surface area contributed by atoms with Crippen LogP contribution in [0.5, 0.6) is 0 Å². The fourth-order valence-electron chi connectivity index (χ4n) is 3.16. The number of carboxylic acid groups (broad SMARTS) is 1. The van der Waals surface area contributed by atoms with E-state index in [0.29, 0.717) is 24.1 Å². The lowest BCUT2D eigenvalue weighted by Crippen LogP contribution is -2.29. The van der Waals surface area contributed by atoms with Gasteiger partial charge in [0, 0.05) is 26.1 Å². The molecule has 0 bridgehead atoms. The molecule has 2 rings (SSSR count). The van der Waals surface area contributed by atoms with Crippen LogP contribution in [-0.2, 0) is 22.6 Å². The summed E-state index contributed by atoms with van der Waals surface area (Å²) in [6.07, 6.45) is 4.54. The Hall–Kier alpha value is -3.09. The molecule has 150 valence electrons. The van der Waals surface area contributed by atoms with E-state index in [4.69, 9.17) is 9.84 Å². The summed E-state index contributed by atoms with van der Waals surface area (Å²) in [6, 6.07) is -0.353. The SMILES string of the molecule is C=Cc1c(C)c2c(c(NC(=O)N(C)C)c1C/C=C(\C)CCC(=O)O)C(=O)OC2. The van der Waals surface area contributed by atoms with Crippen LogP contribution in [0, 0.1) is 6.92 Å². The maximum atomic E-state index is 12.4. The Morgan fingerprint density at radius 2 is 2.00 bits per heavy atom. The molecule has 1 aliphatic rings. The molecule has 7 nitrogen and oxygen atoms in total. The standard InChI is InChI=1S/C21H26N2O5/c1-6-14-13(3)16-11-28-20(26)18(16)19(22-21(27)23(4)5)15(14)9-7-12(2)8-10-17(24)25/h6-7H,1,8-11H2,2-5H3,(H,22,27)(H,24,25)/b12-7+. The summed E-state index contributed by atoms with van der Waals surface area (Å²) in [5.41, 5.74) is 4.98. The average molecular weight is 386 g/mol. The van der Waals surface area contributed by atoms with Crippen LogP contribution >= 0.6 is 0 Å². The fourth-order valence-corrected chi connectivity index (χ4v) is 3.16. The highest BCUT2D eigenvalue weighted by Gasteiger charge is 2.31. The largest absolute Gasteiger partial charge is 0.481 e. The van der Waals surface area contributed by atoms with Crippen LogP contribution in [-0.4, -0.2) is 42.1 Å². The number of amides is 2. The first-order valence-electron chi connectivity index (χ1n) is 9.00. The van der Waals surface area contributed by atoms with Crippen LogP contribution < -0.4 is 5.32 Å². The van der Waals surface area contributed by atoms with Crippen molar-refractivity contribution in [3.8, 4) is 0 Å². The van der Waals surface area contributed by atoms with Gasteiger partial charge in [-0.2, -0.15) is 0 Å². The number of nitrogens with one attached hydrogen (secondary N) is 1. The number of carboxylic acids is 1. The first-order chi connectivity index (χ1) is 13.2. The third-order valence-electron chi connectivity index (χ3n) is 4.82. The lowest BCUT2D eigenvalue weighted by Gasteiger charge is -2.21. The van der Waals surface area contributed by atoms with Gasteiger partial charge in [-0.1, -0.05) is 24.3 Å². The molecule has 0 fully saturated rings. The summed E-state index contributed by atoms with van der Waals surface area (Å²) in [5, 5.41) is 11.7. The molecule has 2 amide bonds. The van der Waals surface area contributed by atoms with E-state index in [1.807, 2.05) is 19.9 Å². The summed E-state index contributed by atoms with van der Waals surface area (Å²) < 4.78 is 5.21. The predicted octanol–water partition coefficient (Wildman–Crippen LogP) is 3.76. The molecule has 0 spiro atoms. The minimum Gasteiger partial charge on any atom is -0.481 e. The Morgan fingerprint density at radius 3 is 2.57 bits per heavy atom. The van der Waals surface area contributed by atoms with Gasteiger partial charge in [0.25, 0.3) is 0 Å². The summed E-state index contributed by atoms with van der Waals surface area (Å²) in [4.78, 5) is 36.9. The number of hydrogen-bond donors (Lipinski definition) is 2. The van der Waals surface area contributed by atoms with Crippen LogP contribution in [0.15, 0.2) is 18.2 Å². The number of hydrogen-bond acceptors (Lipinski definition) is 4. The Bertz CT molecular complexity index is 868. The van der Waals surface area contributed by atoms with Gasteiger partial charge in [0.1, 0.15) is 6.61 Å². The second-order valence-electron chi connectivity index (χ2n) is 7.00. The number of fused-ring (bicyclic) bond motifs is 1. The Morgan fingerprint density at radius 1 is 1.32 bits per heavy atom. The highest BCUT2D eigenvalue weighted by molar-refractivity contribution is 6.05. The number of carbonyl (C=O) groups excluding carboxylic acids is 2. The molecule has 1 aliphatic heterocycles. The number of esters is 1. The van der Waals surface area contributed by atoms with Crippen molar-refractivity contribution in [2.45, 2.75) is 39.7 Å². The van der Waals surface area contributed by atoms with Crippen molar-refractivity contribution >= 4 is 29.7 Å². The number of nitrogens with zero attached hydrogens (tertiary/aromatic N) is 1. The van der Waals surface area contributed by atoms with E-state index in [2.05, 4.69) is 11.9 Å². The number of carbonyl (C=O) groups is 3. The van der Waals surface area contributed by atoms with E-state index < -0.39 is 11.9 Å². The van der Waals surface area contributed by atoms with Crippen LogP contribution in [0.3, 0.4) is 0 Å². The lowest BCUT2D eigenvalue weighted by atomic mass is 9.89. The van der Waals surface area contributed by atoms with Crippen LogP contribution in [0.4, 0.5) is 10.5 Å². The van der Waals surface area contributed by atoms with Crippen LogP contribution in [0.25, 0.3) is 6.08 Å². The second-order valence-corrected chi connectivity index (χ2v) is 7.00. The predicted molar refractivity (Wildman–Crippen MR) is 107 cm³/mol. The monoisotopic (exact) mass is 386 g/mol. The van der Waals surface area contributed by atoms with Gasteiger partial charge in [0.05, 0.1) is 11.3 Å². The highest BCUT2D eigenvalue weighted by atomic mass is 16.5.